The first kappa shape index (κ1) is 16.6. The molecule has 1 aliphatic rings. The van der Waals surface area contributed by atoms with E-state index < -0.39 is 17.5 Å². The van der Waals surface area contributed by atoms with Gasteiger partial charge in [-0.25, -0.2) is 9.78 Å². The minimum absolute atomic E-state index is 0.0545. The van der Waals surface area contributed by atoms with E-state index in [1.807, 2.05) is 0 Å². The zero-order chi connectivity index (χ0) is 17.1. The molecule has 7 nitrogen and oxygen atoms in total. The standard InChI is InChI=1S/C16H18N2O5S/c1-2-22-16(21)11-8-24-14-13(11)15(20)18(9-17-14)7-12(19)23-10-5-3-4-6-10/h8-10H,2-7H2,1H3. The smallest absolute Gasteiger partial charge is 0.339 e. The zero-order valence-corrected chi connectivity index (χ0v) is 14.1. The quantitative estimate of drug-likeness (QED) is 0.768. The zero-order valence-electron chi connectivity index (χ0n) is 13.3. The van der Waals surface area contributed by atoms with Crippen LogP contribution in [0.2, 0.25) is 0 Å². The Morgan fingerprint density at radius 1 is 1.38 bits per heavy atom. The Balaban J connectivity index is 1.84. The van der Waals surface area contributed by atoms with Gasteiger partial charge in [-0.05, 0) is 32.6 Å². The molecule has 8 heteroatoms. The van der Waals surface area contributed by atoms with E-state index in [1.54, 1.807) is 12.3 Å². The molecule has 0 spiro atoms. The third-order valence-corrected chi connectivity index (χ3v) is 4.84. The summed E-state index contributed by atoms with van der Waals surface area (Å²) >= 11 is 1.19. The molecule has 0 aromatic carbocycles. The van der Waals surface area contributed by atoms with Crippen LogP contribution in [0.1, 0.15) is 43.0 Å². The second-order valence-electron chi connectivity index (χ2n) is 5.62. The van der Waals surface area contributed by atoms with Crippen molar-refractivity contribution in [1.82, 2.24) is 9.55 Å². The van der Waals surface area contributed by atoms with Crippen LogP contribution >= 0.6 is 11.3 Å². The Morgan fingerprint density at radius 2 is 2.12 bits per heavy atom. The number of thiophene rings is 1. The number of carbonyl (C=O) groups excluding carboxylic acids is 2. The molecule has 1 saturated carbocycles. The van der Waals surface area contributed by atoms with Gasteiger partial charge in [0, 0.05) is 5.38 Å². The van der Waals surface area contributed by atoms with Gasteiger partial charge in [-0.1, -0.05) is 0 Å². The molecule has 0 radical (unpaired) electrons. The van der Waals surface area contributed by atoms with E-state index in [0.717, 1.165) is 25.7 Å². The predicted octanol–water partition coefficient (Wildman–Crippen LogP) is 2.12. The first-order valence-corrected chi connectivity index (χ1v) is 8.81. The van der Waals surface area contributed by atoms with Crippen molar-refractivity contribution >= 4 is 33.5 Å². The van der Waals surface area contributed by atoms with Gasteiger partial charge < -0.3 is 9.47 Å². The van der Waals surface area contributed by atoms with Gasteiger partial charge >= 0.3 is 11.9 Å². The maximum atomic E-state index is 12.6. The first-order chi connectivity index (χ1) is 11.6. The van der Waals surface area contributed by atoms with Crippen molar-refractivity contribution in [3.63, 3.8) is 0 Å². The Kier molecular flexibility index (Phi) is 4.94. The fourth-order valence-corrected chi connectivity index (χ4v) is 3.67. The highest BCUT2D eigenvalue weighted by atomic mass is 32.1. The topological polar surface area (TPSA) is 87.5 Å². The number of esters is 2. The lowest BCUT2D eigenvalue weighted by atomic mass is 10.2. The van der Waals surface area contributed by atoms with Gasteiger partial charge in [0.2, 0.25) is 0 Å². The van der Waals surface area contributed by atoms with Gasteiger partial charge in [-0.2, -0.15) is 0 Å². The van der Waals surface area contributed by atoms with Crippen molar-refractivity contribution in [2.75, 3.05) is 6.61 Å². The van der Waals surface area contributed by atoms with Gasteiger partial charge in [0.05, 0.1) is 23.9 Å². The minimum atomic E-state index is -0.561. The van der Waals surface area contributed by atoms with Crippen molar-refractivity contribution in [1.29, 1.82) is 0 Å². The number of fused-ring (bicyclic) bond motifs is 1. The van der Waals surface area contributed by atoms with E-state index in [4.69, 9.17) is 9.47 Å². The molecule has 0 atom stereocenters. The van der Waals surface area contributed by atoms with Crippen LogP contribution in [0.4, 0.5) is 0 Å². The highest BCUT2D eigenvalue weighted by Gasteiger charge is 2.22. The van der Waals surface area contributed by atoms with Crippen LogP contribution in [-0.2, 0) is 20.8 Å². The van der Waals surface area contributed by atoms with Crippen LogP contribution in [0.3, 0.4) is 0 Å². The number of ether oxygens (including phenoxy) is 2. The number of nitrogens with zero attached hydrogens (tertiary/aromatic N) is 2. The molecule has 0 unspecified atom stereocenters. The minimum Gasteiger partial charge on any atom is -0.462 e. The van der Waals surface area contributed by atoms with Gasteiger partial charge in [0.1, 0.15) is 17.5 Å². The monoisotopic (exact) mass is 350 g/mol. The van der Waals surface area contributed by atoms with Crippen LogP contribution in [0, 0.1) is 0 Å². The van der Waals surface area contributed by atoms with Crippen molar-refractivity contribution in [2.45, 2.75) is 45.3 Å². The van der Waals surface area contributed by atoms with E-state index in [0.29, 0.717) is 4.83 Å². The highest BCUT2D eigenvalue weighted by molar-refractivity contribution is 7.17. The molecule has 0 bridgehead atoms. The van der Waals surface area contributed by atoms with E-state index >= 15 is 0 Å². The Bertz CT molecular complexity index is 819. The molecular weight excluding hydrogens is 332 g/mol. The summed E-state index contributed by atoms with van der Waals surface area (Å²) in [6.45, 7) is 1.71. The number of hydrogen-bond donors (Lipinski definition) is 0. The molecule has 0 saturated heterocycles. The summed E-state index contributed by atoms with van der Waals surface area (Å²) in [5, 5.41) is 1.74. The molecule has 2 aromatic heterocycles. The number of hydrogen-bond acceptors (Lipinski definition) is 7. The van der Waals surface area contributed by atoms with Crippen molar-refractivity contribution in [3.05, 3.63) is 27.6 Å². The Morgan fingerprint density at radius 3 is 2.83 bits per heavy atom. The summed E-state index contributed by atoms with van der Waals surface area (Å²) < 4.78 is 11.5. The van der Waals surface area contributed by atoms with E-state index in [9.17, 15) is 14.4 Å². The van der Waals surface area contributed by atoms with Crippen LogP contribution < -0.4 is 5.56 Å². The number of aromatic nitrogens is 2. The number of carbonyl (C=O) groups is 2. The lowest BCUT2D eigenvalue weighted by Gasteiger charge is -2.12. The van der Waals surface area contributed by atoms with Crippen molar-refractivity contribution in [3.8, 4) is 0 Å². The lowest BCUT2D eigenvalue weighted by molar-refractivity contribution is -0.149. The fraction of sp³-hybridized carbons (Fsp3) is 0.500. The Hall–Kier alpha value is -2.22. The van der Waals surface area contributed by atoms with Gasteiger partial charge in [-0.3, -0.25) is 14.2 Å². The summed E-state index contributed by atoms with van der Waals surface area (Å²) in [5.74, 6) is -1.02. The van der Waals surface area contributed by atoms with Crippen LogP contribution in [-0.4, -0.2) is 34.2 Å². The second kappa shape index (κ2) is 7.12. The van der Waals surface area contributed by atoms with Crippen LogP contribution in [0.15, 0.2) is 16.5 Å². The van der Waals surface area contributed by atoms with Gasteiger partial charge in [0.15, 0.2) is 0 Å². The molecule has 0 aliphatic heterocycles. The molecule has 1 fully saturated rings. The normalized spacial score (nSPS) is 14.9. The average molecular weight is 350 g/mol. The molecule has 2 aromatic rings. The molecule has 3 rings (SSSR count). The second-order valence-corrected chi connectivity index (χ2v) is 6.48. The summed E-state index contributed by atoms with van der Waals surface area (Å²) in [7, 11) is 0. The molecule has 2 heterocycles. The van der Waals surface area contributed by atoms with Crippen LogP contribution in [0.25, 0.3) is 10.2 Å². The first-order valence-electron chi connectivity index (χ1n) is 7.93. The van der Waals surface area contributed by atoms with Gasteiger partial charge in [0.25, 0.3) is 5.56 Å². The van der Waals surface area contributed by atoms with Gasteiger partial charge in [-0.15, -0.1) is 11.3 Å². The maximum absolute atomic E-state index is 12.6. The average Bonchev–Trinajstić information content (AvgIpc) is 3.19. The maximum Gasteiger partial charge on any atom is 0.339 e. The van der Waals surface area contributed by atoms with E-state index in [-0.39, 0.29) is 30.2 Å². The molecule has 128 valence electrons. The predicted molar refractivity (Wildman–Crippen MR) is 88.2 cm³/mol. The molecular formula is C16H18N2O5S. The summed E-state index contributed by atoms with van der Waals surface area (Å²) in [4.78, 5) is 41.2. The SMILES string of the molecule is CCOC(=O)c1csc2ncn(CC(=O)OC3CCCC3)c(=O)c12. The van der Waals surface area contributed by atoms with E-state index in [2.05, 4.69) is 4.98 Å². The van der Waals surface area contributed by atoms with Crippen LogP contribution in [0.5, 0.6) is 0 Å². The molecule has 0 amide bonds. The summed E-state index contributed by atoms with van der Waals surface area (Å²) in [5.41, 5.74) is -0.250. The summed E-state index contributed by atoms with van der Waals surface area (Å²) in [6.07, 6.45) is 5.12. The third kappa shape index (κ3) is 3.33. The fourth-order valence-electron chi connectivity index (χ4n) is 2.81. The van der Waals surface area contributed by atoms with Crippen molar-refractivity contribution in [2.24, 2.45) is 0 Å². The third-order valence-electron chi connectivity index (χ3n) is 3.96. The highest BCUT2D eigenvalue weighted by Crippen LogP contribution is 2.22. The molecule has 0 N–H and O–H groups in total. The van der Waals surface area contributed by atoms with E-state index in [1.165, 1.54) is 22.2 Å². The van der Waals surface area contributed by atoms with Crippen molar-refractivity contribution < 1.29 is 19.1 Å². The summed E-state index contributed by atoms with van der Waals surface area (Å²) in [6, 6.07) is 0. The molecule has 1 aliphatic carbocycles. The number of rotatable bonds is 5. The molecule has 24 heavy (non-hydrogen) atoms. The lowest BCUT2D eigenvalue weighted by Crippen LogP contribution is -2.28. The Labute approximate surface area is 142 Å². The largest absolute Gasteiger partial charge is 0.462 e.